The van der Waals surface area contributed by atoms with Crippen molar-refractivity contribution >= 4 is 28.9 Å². The van der Waals surface area contributed by atoms with Crippen LogP contribution in [0.4, 0.5) is 5.69 Å². The molecule has 0 saturated heterocycles. The van der Waals surface area contributed by atoms with Gasteiger partial charge in [0.1, 0.15) is 0 Å². The SMILES string of the molecule is N#CCNCc1c(N)ccc(Cl)c1Cl. The van der Waals surface area contributed by atoms with Crippen LogP contribution in [0.3, 0.4) is 0 Å². The van der Waals surface area contributed by atoms with Crippen molar-refractivity contribution in [2.75, 3.05) is 12.3 Å². The van der Waals surface area contributed by atoms with Gasteiger partial charge in [-0.1, -0.05) is 23.2 Å². The number of nitrogens with zero attached hydrogens (tertiary/aromatic N) is 1. The van der Waals surface area contributed by atoms with Crippen LogP contribution in [0, 0.1) is 11.3 Å². The van der Waals surface area contributed by atoms with Gasteiger partial charge < -0.3 is 11.1 Å². The van der Waals surface area contributed by atoms with E-state index in [1.54, 1.807) is 12.1 Å². The number of benzene rings is 1. The Morgan fingerprint density at radius 1 is 1.43 bits per heavy atom. The summed E-state index contributed by atoms with van der Waals surface area (Å²) in [4.78, 5) is 0. The average Bonchev–Trinajstić information content (AvgIpc) is 2.18. The van der Waals surface area contributed by atoms with Crippen molar-refractivity contribution in [3.8, 4) is 6.07 Å². The van der Waals surface area contributed by atoms with E-state index in [9.17, 15) is 0 Å². The van der Waals surface area contributed by atoms with Crippen molar-refractivity contribution in [1.29, 1.82) is 5.26 Å². The Morgan fingerprint density at radius 2 is 2.14 bits per heavy atom. The fraction of sp³-hybridized carbons (Fsp3) is 0.222. The Kier molecular flexibility index (Phi) is 4.02. The summed E-state index contributed by atoms with van der Waals surface area (Å²) in [6.45, 7) is 0.696. The van der Waals surface area contributed by atoms with E-state index < -0.39 is 0 Å². The second-order valence-corrected chi connectivity index (χ2v) is 3.48. The molecule has 0 spiro atoms. The minimum atomic E-state index is 0.252. The van der Waals surface area contributed by atoms with Crippen LogP contribution in [-0.4, -0.2) is 6.54 Å². The first-order valence-corrected chi connectivity index (χ1v) is 4.72. The van der Waals surface area contributed by atoms with Crippen LogP contribution in [-0.2, 0) is 6.54 Å². The monoisotopic (exact) mass is 229 g/mol. The molecule has 0 radical (unpaired) electrons. The predicted molar refractivity (Wildman–Crippen MR) is 58.2 cm³/mol. The number of nitrogens with two attached hydrogens (primary N) is 1. The quantitative estimate of drug-likeness (QED) is 0.475. The maximum atomic E-state index is 8.33. The van der Waals surface area contributed by atoms with E-state index in [0.717, 1.165) is 5.56 Å². The number of anilines is 1. The molecule has 0 fully saturated rings. The van der Waals surface area contributed by atoms with Crippen LogP contribution in [0.5, 0.6) is 0 Å². The Labute approximate surface area is 92.4 Å². The summed E-state index contributed by atoms with van der Waals surface area (Å²) in [5.74, 6) is 0. The third-order valence-corrected chi connectivity index (χ3v) is 2.58. The molecule has 0 aromatic heterocycles. The molecule has 0 aliphatic heterocycles. The van der Waals surface area contributed by atoms with Crippen molar-refractivity contribution in [2.45, 2.75) is 6.54 Å². The summed E-state index contributed by atoms with van der Waals surface area (Å²) in [7, 11) is 0. The Bertz CT molecular complexity index is 371. The van der Waals surface area contributed by atoms with Crippen molar-refractivity contribution in [3.05, 3.63) is 27.7 Å². The van der Waals surface area contributed by atoms with Gasteiger partial charge >= 0.3 is 0 Å². The van der Waals surface area contributed by atoms with E-state index in [2.05, 4.69) is 5.32 Å². The zero-order chi connectivity index (χ0) is 10.6. The van der Waals surface area contributed by atoms with Gasteiger partial charge in [-0.15, -0.1) is 0 Å². The Balaban J connectivity index is 2.85. The van der Waals surface area contributed by atoms with Crippen molar-refractivity contribution in [3.63, 3.8) is 0 Å². The molecule has 1 aromatic carbocycles. The van der Waals surface area contributed by atoms with Gasteiger partial charge in [0.15, 0.2) is 0 Å². The average molecular weight is 230 g/mol. The van der Waals surface area contributed by atoms with Crippen LogP contribution in [0.1, 0.15) is 5.56 Å². The van der Waals surface area contributed by atoms with Gasteiger partial charge in [-0.2, -0.15) is 5.26 Å². The summed E-state index contributed by atoms with van der Waals surface area (Å²) in [6.07, 6.45) is 0. The van der Waals surface area contributed by atoms with Gasteiger partial charge in [0.05, 0.1) is 22.7 Å². The number of nitrogens with one attached hydrogen (secondary N) is 1. The molecule has 1 aromatic rings. The molecule has 0 aliphatic carbocycles. The lowest BCUT2D eigenvalue weighted by molar-refractivity contribution is 0.767. The molecule has 0 unspecified atom stereocenters. The van der Waals surface area contributed by atoms with Gasteiger partial charge in [-0.05, 0) is 12.1 Å². The molecule has 1 rings (SSSR count). The number of nitriles is 1. The standard InChI is InChI=1S/C9H9Cl2N3/c10-7-1-2-8(13)6(9(7)11)5-14-4-3-12/h1-2,14H,4-5,13H2. The summed E-state index contributed by atoms with van der Waals surface area (Å²) in [5, 5.41) is 12.1. The van der Waals surface area contributed by atoms with Gasteiger partial charge in [-0.3, -0.25) is 0 Å². The molecular formula is C9H9Cl2N3. The fourth-order valence-corrected chi connectivity index (χ4v) is 1.45. The largest absolute Gasteiger partial charge is 0.398 e. The molecule has 0 atom stereocenters. The van der Waals surface area contributed by atoms with E-state index in [0.29, 0.717) is 22.3 Å². The predicted octanol–water partition coefficient (Wildman–Crippen LogP) is 2.19. The van der Waals surface area contributed by atoms with E-state index in [4.69, 9.17) is 34.2 Å². The molecule has 0 bridgehead atoms. The minimum Gasteiger partial charge on any atom is -0.398 e. The molecule has 74 valence electrons. The summed E-state index contributed by atoms with van der Waals surface area (Å²) in [5.41, 5.74) is 7.01. The number of nitrogen functional groups attached to an aromatic ring is 1. The maximum Gasteiger partial charge on any atom is 0.0843 e. The first-order valence-electron chi connectivity index (χ1n) is 3.97. The van der Waals surface area contributed by atoms with E-state index >= 15 is 0 Å². The van der Waals surface area contributed by atoms with E-state index in [1.165, 1.54) is 0 Å². The smallest absolute Gasteiger partial charge is 0.0843 e. The van der Waals surface area contributed by atoms with Crippen molar-refractivity contribution in [2.24, 2.45) is 0 Å². The highest BCUT2D eigenvalue weighted by atomic mass is 35.5. The lowest BCUT2D eigenvalue weighted by Crippen LogP contribution is -2.14. The molecule has 0 amide bonds. The topological polar surface area (TPSA) is 61.8 Å². The van der Waals surface area contributed by atoms with Crippen LogP contribution >= 0.6 is 23.2 Å². The van der Waals surface area contributed by atoms with Crippen LogP contribution in [0.2, 0.25) is 10.0 Å². The molecule has 0 aliphatic rings. The highest BCUT2D eigenvalue weighted by Gasteiger charge is 2.07. The number of hydrogen-bond acceptors (Lipinski definition) is 3. The lowest BCUT2D eigenvalue weighted by Gasteiger charge is -2.08. The van der Waals surface area contributed by atoms with Crippen molar-refractivity contribution in [1.82, 2.24) is 5.32 Å². The molecule has 3 N–H and O–H groups in total. The van der Waals surface area contributed by atoms with Gasteiger partial charge in [0, 0.05) is 17.8 Å². The first-order chi connectivity index (χ1) is 6.66. The maximum absolute atomic E-state index is 8.33. The molecule has 0 heterocycles. The number of hydrogen-bond donors (Lipinski definition) is 2. The molecule has 14 heavy (non-hydrogen) atoms. The van der Waals surface area contributed by atoms with E-state index in [-0.39, 0.29) is 6.54 Å². The van der Waals surface area contributed by atoms with Crippen LogP contribution in [0.25, 0.3) is 0 Å². The van der Waals surface area contributed by atoms with Gasteiger partial charge in [-0.25, -0.2) is 0 Å². The number of halogens is 2. The third-order valence-electron chi connectivity index (χ3n) is 1.74. The molecule has 5 heteroatoms. The Morgan fingerprint density at radius 3 is 2.79 bits per heavy atom. The summed E-state index contributed by atoms with van der Waals surface area (Å²) in [6, 6.07) is 5.30. The zero-order valence-electron chi connectivity index (χ0n) is 7.35. The third kappa shape index (κ3) is 2.52. The Hall–Kier alpha value is -0.950. The molecular weight excluding hydrogens is 221 g/mol. The highest BCUT2D eigenvalue weighted by molar-refractivity contribution is 6.42. The summed E-state index contributed by atoms with van der Waals surface area (Å²) >= 11 is 11.8. The fourth-order valence-electron chi connectivity index (χ4n) is 1.03. The van der Waals surface area contributed by atoms with Crippen molar-refractivity contribution < 1.29 is 0 Å². The highest BCUT2D eigenvalue weighted by Crippen LogP contribution is 2.29. The van der Waals surface area contributed by atoms with Crippen LogP contribution < -0.4 is 11.1 Å². The summed E-state index contributed by atoms with van der Waals surface area (Å²) < 4.78 is 0. The zero-order valence-corrected chi connectivity index (χ0v) is 8.86. The lowest BCUT2D eigenvalue weighted by atomic mass is 10.2. The minimum absolute atomic E-state index is 0.252. The molecule has 0 saturated carbocycles. The van der Waals surface area contributed by atoms with E-state index in [1.807, 2.05) is 6.07 Å². The molecule has 3 nitrogen and oxygen atoms in total. The normalized spacial score (nSPS) is 9.79. The first kappa shape index (κ1) is 11.1. The number of rotatable bonds is 3. The van der Waals surface area contributed by atoms with Gasteiger partial charge in [0.2, 0.25) is 0 Å². The second-order valence-electron chi connectivity index (χ2n) is 2.69. The van der Waals surface area contributed by atoms with Gasteiger partial charge in [0.25, 0.3) is 0 Å². The second kappa shape index (κ2) is 5.06. The van der Waals surface area contributed by atoms with Crippen LogP contribution in [0.15, 0.2) is 12.1 Å².